The molecule has 0 unspecified atom stereocenters. The quantitative estimate of drug-likeness (QED) is 0.190. The van der Waals surface area contributed by atoms with Crippen molar-refractivity contribution < 1.29 is 27.5 Å². The van der Waals surface area contributed by atoms with Crippen molar-refractivity contribution in [2.24, 2.45) is 0 Å². The van der Waals surface area contributed by atoms with Gasteiger partial charge in [-0.3, -0.25) is 4.79 Å². The van der Waals surface area contributed by atoms with E-state index in [1.165, 1.54) is 16.6 Å². The standard InChI is InChI=1S/C28H29NO7S/c1-19-14-25(34-12-5-13-37(3,32)33)15-20(2)28(19)23-7-4-6-21(16-23)18-35-24-10-8-22(9-11-24)26-17-27(30)29-36(26)31/h4,6-11,14-17H,5,12-13,18H2,1-3H3,(H,29,30). The zero-order chi connectivity index (χ0) is 26.6. The molecule has 0 saturated heterocycles. The molecule has 0 fully saturated rings. The van der Waals surface area contributed by atoms with Crippen LogP contribution >= 0.6 is 0 Å². The number of hydrogen-bond acceptors (Lipinski definition) is 6. The third kappa shape index (κ3) is 6.83. The minimum atomic E-state index is -2.99. The maximum Gasteiger partial charge on any atom is 0.328 e. The van der Waals surface area contributed by atoms with Gasteiger partial charge in [0.2, 0.25) is 0 Å². The second-order valence-corrected chi connectivity index (χ2v) is 11.3. The smallest absolute Gasteiger partial charge is 0.328 e. The van der Waals surface area contributed by atoms with Gasteiger partial charge in [-0.25, -0.2) is 8.42 Å². The maximum atomic E-state index is 11.7. The van der Waals surface area contributed by atoms with Gasteiger partial charge in [-0.15, -0.1) is 0 Å². The molecule has 0 amide bonds. The highest BCUT2D eigenvalue weighted by Gasteiger charge is 2.13. The van der Waals surface area contributed by atoms with Gasteiger partial charge in [-0.05, 0) is 90.6 Å². The summed E-state index contributed by atoms with van der Waals surface area (Å²) in [7, 11) is -2.99. The molecule has 3 aromatic carbocycles. The molecule has 0 saturated carbocycles. The molecular weight excluding hydrogens is 494 g/mol. The summed E-state index contributed by atoms with van der Waals surface area (Å²) in [5, 5.41) is 13.7. The van der Waals surface area contributed by atoms with Crippen LogP contribution in [-0.2, 0) is 16.4 Å². The number of ether oxygens (including phenoxy) is 2. The summed E-state index contributed by atoms with van der Waals surface area (Å²) in [4.78, 5) is 11.3. The highest BCUT2D eigenvalue weighted by molar-refractivity contribution is 7.90. The SMILES string of the molecule is Cc1cc(OCCCS(C)(=O)=O)cc(C)c1-c1cccc(COc2ccc(-c3cc(=O)[nH][o+]3[O-])cc2)c1. The largest absolute Gasteiger partial charge is 0.523 e. The molecule has 0 aliphatic heterocycles. The Bertz CT molecular complexity index is 1530. The van der Waals surface area contributed by atoms with Crippen LogP contribution in [0.25, 0.3) is 22.5 Å². The Labute approximate surface area is 215 Å². The number of rotatable bonds is 10. The second kappa shape index (κ2) is 11.0. The van der Waals surface area contributed by atoms with Crippen LogP contribution in [0.15, 0.2) is 75.8 Å². The average Bonchev–Trinajstić information content (AvgIpc) is 3.18. The van der Waals surface area contributed by atoms with Gasteiger partial charge in [-0.2, -0.15) is 0 Å². The van der Waals surface area contributed by atoms with E-state index in [0.29, 0.717) is 30.9 Å². The summed E-state index contributed by atoms with van der Waals surface area (Å²) in [5.74, 6) is 1.65. The molecule has 1 heterocycles. The van der Waals surface area contributed by atoms with E-state index in [4.69, 9.17) is 9.47 Å². The van der Waals surface area contributed by atoms with Crippen molar-refractivity contribution in [1.82, 2.24) is 5.16 Å². The van der Waals surface area contributed by atoms with Crippen molar-refractivity contribution in [3.63, 3.8) is 0 Å². The lowest BCUT2D eigenvalue weighted by molar-refractivity contribution is -0.715. The number of aromatic amines is 1. The van der Waals surface area contributed by atoms with E-state index in [-0.39, 0.29) is 11.5 Å². The van der Waals surface area contributed by atoms with E-state index in [1.807, 2.05) is 38.1 Å². The van der Waals surface area contributed by atoms with Gasteiger partial charge in [0.05, 0.1) is 17.9 Å². The van der Waals surface area contributed by atoms with Crippen LogP contribution in [0, 0.1) is 13.8 Å². The number of aromatic nitrogens is 1. The first-order valence-electron chi connectivity index (χ1n) is 11.8. The molecule has 4 aromatic rings. The normalized spacial score (nSPS) is 11.4. The van der Waals surface area contributed by atoms with E-state index < -0.39 is 15.4 Å². The Hall–Kier alpha value is -3.98. The molecule has 1 N–H and O–H groups in total. The molecule has 9 heteroatoms. The highest BCUT2D eigenvalue weighted by atomic mass is 32.2. The van der Waals surface area contributed by atoms with Gasteiger partial charge >= 0.3 is 11.3 Å². The summed E-state index contributed by atoms with van der Waals surface area (Å²) >= 11 is 0. The number of benzene rings is 3. The van der Waals surface area contributed by atoms with E-state index in [0.717, 1.165) is 33.6 Å². The molecule has 1 aromatic heterocycles. The topological polar surface area (TPSA) is 111 Å². The van der Waals surface area contributed by atoms with Crippen LogP contribution in [0.4, 0.5) is 0 Å². The van der Waals surface area contributed by atoms with Gasteiger partial charge in [0, 0.05) is 6.26 Å². The summed E-state index contributed by atoms with van der Waals surface area (Å²) in [6, 6.07) is 20.2. The van der Waals surface area contributed by atoms with Gasteiger partial charge < -0.3 is 19.0 Å². The van der Waals surface area contributed by atoms with Crippen molar-refractivity contribution >= 4 is 9.84 Å². The van der Waals surface area contributed by atoms with Crippen LogP contribution in [0.2, 0.25) is 0 Å². The lowest BCUT2D eigenvalue weighted by Crippen LogP contribution is -2.08. The third-order valence-corrected chi connectivity index (χ3v) is 6.88. The molecule has 0 aliphatic carbocycles. The number of hydrogen-bond donors (Lipinski definition) is 1. The number of nitrogens with one attached hydrogen (secondary N) is 1. The Morgan fingerprint density at radius 2 is 1.59 bits per heavy atom. The first kappa shape index (κ1) is 26.1. The molecule has 0 spiro atoms. The third-order valence-electron chi connectivity index (χ3n) is 5.85. The highest BCUT2D eigenvalue weighted by Crippen LogP contribution is 2.32. The van der Waals surface area contributed by atoms with Crippen molar-refractivity contribution in [1.29, 1.82) is 0 Å². The van der Waals surface area contributed by atoms with Gasteiger partial charge in [0.1, 0.15) is 34.0 Å². The van der Waals surface area contributed by atoms with Crippen LogP contribution in [-0.4, -0.2) is 32.2 Å². The Balaban J connectivity index is 1.42. The molecule has 4 rings (SSSR count). The van der Waals surface area contributed by atoms with Crippen LogP contribution in [0.5, 0.6) is 11.5 Å². The summed E-state index contributed by atoms with van der Waals surface area (Å²) in [6.45, 7) is 4.76. The molecule has 194 valence electrons. The maximum absolute atomic E-state index is 11.7. The molecule has 0 atom stereocenters. The minimum Gasteiger partial charge on any atom is -0.523 e. The van der Waals surface area contributed by atoms with Crippen molar-refractivity contribution in [3.8, 4) is 33.9 Å². The molecule has 8 nitrogen and oxygen atoms in total. The van der Waals surface area contributed by atoms with E-state index in [2.05, 4.69) is 17.3 Å². The minimum absolute atomic E-state index is 0.108. The first-order valence-corrected chi connectivity index (χ1v) is 13.8. The van der Waals surface area contributed by atoms with Crippen LogP contribution < -0.4 is 20.3 Å². The van der Waals surface area contributed by atoms with E-state index in [1.54, 1.807) is 24.3 Å². The summed E-state index contributed by atoms with van der Waals surface area (Å²) < 4.78 is 35.6. The molecule has 0 bridgehead atoms. The molecule has 0 aliphatic rings. The predicted molar refractivity (Wildman–Crippen MR) is 140 cm³/mol. The Morgan fingerprint density at radius 3 is 2.22 bits per heavy atom. The Kier molecular flexibility index (Phi) is 7.73. The average molecular weight is 524 g/mol. The van der Waals surface area contributed by atoms with Gasteiger partial charge in [0.15, 0.2) is 0 Å². The monoisotopic (exact) mass is 523 g/mol. The summed E-state index contributed by atoms with van der Waals surface area (Å²) in [5.41, 5.74) is 5.40. The zero-order valence-electron chi connectivity index (χ0n) is 20.9. The van der Waals surface area contributed by atoms with Crippen LogP contribution in [0.1, 0.15) is 23.1 Å². The van der Waals surface area contributed by atoms with Gasteiger partial charge in [-0.1, -0.05) is 23.4 Å². The molecular formula is C28H29NO7S. The Morgan fingerprint density at radius 1 is 0.892 bits per heavy atom. The second-order valence-electron chi connectivity index (χ2n) is 9.02. The van der Waals surface area contributed by atoms with Crippen molar-refractivity contribution in [3.05, 3.63) is 93.8 Å². The van der Waals surface area contributed by atoms with E-state index >= 15 is 0 Å². The fraction of sp³-hybridized carbons (Fsp3) is 0.250. The fourth-order valence-electron chi connectivity index (χ4n) is 4.21. The van der Waals surface area contributed by atoms with Crippen LogP contribution in [0.3, 0.4) is 0 Å². The van der Waals surface area contributed by atoms with Gasteiger partial charge in [0.25, 0.3) is 0 Å². The van der Waals surface area contributed by atoms with E-state index in [9.17, 15) is 18.5 Å². The van der Waals surface area contributed by atoms with Crippen molar-refractivity contribution in [2.75, 3.05) is 18.6 Å². The molecule has 37 heavy (non-hydrogen) atoms. The lowest BCUT2D eigenvalue weighted by atomic mass is 9.94. The zero-order valence-corrected chi connectivity index (χ0v) is 21.8. The number of sulfone groups is 1. The first-order chi connectivity index (χ1) is 17.6. The lowest BCUT2D eigenvalue weighted by Gasteiger charge is -2.15. The molecule has 0 radical (unpaired) electrons. The summed E-state index contributed by atoms with van der Waals surface area (Å²) in [6.07, 6.45) is 1.68. The predicted octanol–water partition coefficient (Wildman–Crippen LogP) is 4.12. The number of aryl methyl sites for hydroxylation is 2. The van der Waals surface area contributed by atoms with Crippen molar-refractivity contribution in [2.45, 2.75) is 26.9 Å². The fourth-order valence-corrected chi connectivity index (χ4v) is 4.85. The number of H-pyrrole nitrogens is 1.